The summed E-state index contributed by atoms with van der Waals surface area (Å²) in [4.78, 5) is 14.3. The summed E-state index contributed by atoms with van der Waals surface area (Å²) in [6.45, 7) is 7.31. The maximum atomic E-state index is 13.7. The van der Waals surface area contributed by atoms with Gasteiger partial charge in [0.2, 0.25) is 0 Å². The predicted octanol–water partition coefficient (Wildman–Crippen LogP) is 2.58. The number of amides is 1. The average molecular weight is 344 g/mol. The van der Waals surface area contributed by atoms with E-state index in [4.69, 9.17) is 4.74 Å². The zero-order chi connectivity index (χ0) is 17.7. The summed E-state index contributed by atoms with van der Waals surface area (Å²) in [6, 6.07) is 1.79. The normalized spacial score (nSPS) is 17.1. The van der Waals surface area contributed by atoms with E-state index in [2.05, 4.69) is 24.1 Å². The number of hydrogen-bond acceptors (Lipinski definition) is 3. The van der Waals surface area contributed by atoms with Gasteiger partial charge in [-0.15, -0.1) is 0 Å². The lowest BCUT2D eigenvalue weighted by Crippen LogP contribution is -2.49. The minimum Gasteiger partial charge on any atom is -0.379 e. The van der Waals surface area contributed by atoms with Crippen LogP contribution < -0.4 is 5.32 Å². The highest BCUT2D eigenvalue weighted by molar-refractivity contribution is 5.94. The number of benzene rings is 1. The number of morpholine rings is 1. The van der Waals surface area contributed by atoms with Gasteiger partial charge in [-0.3, -0.25) is 9.69 Å². The molecule has 134 valence electrons. The lowest BCUT2D eigenvalue weighted by molar-refractivity contribution is 0.0124. The number of nitrogens with one attached hydrogen (secondary N) is 1. The van der Waals surface area contributed by atoms with Crippen LogP contribution in [-0.4, -0.2) is 49.7 Å². The highest BCUT2D eigenvalue weighted by Crippen LogP contribution is 2.16. The van der Waals surface area contributed by atoms with Crippen LogP contribution in [0.4, 0.5) is 13.2 Å². The van der Waals surface area contributed by atoms with Gasteiger partial charge in [-0.2, -0.15) is 0 Å². The van der Waals surface area contributed by atoms with Crippen LogP contribution in [0.15, 0.2) is 12.1 Å². The molecule has 2 rings (SSSR count). The van der Waals surface area contributed by atoms with Crippen molar-refractivity contribution in [2.24, 2.45) is 5.92 Å². The Balaban J connectivity index is 2.02. The third-order valence-corrected chi connectivity index (χ3v) is 4.08. The summed E-state index contributed by atoms with van der Waals surface area (Å²) in [5.74, 6) is -4.72. The minimum absolute atomic E-state index is 0.0891. The molecule has 0 saturated carbocycles. The molecule has 1 unspecified atom stereocenters. The molecule has 0 radical (unpaired) electrons. The van der Waals surface area contributed by atoms with Gasteiger partial charge in [-0.05, 0) is 24.5 Å². The molecule has 1 atom stereocenters. The van der Waals surface area contributed by atoms with E-state index in [-0.39, 0.29) is 6.04 Å². The largest absolute Gasteiger partial charge is 0.379 e. The standard InChI is InChI=1S/C17H23F3N2O2/c1-11(2)9-12(22-5-7-24-8-6-22)10-21-17(23)13-3-4-14(18)16(20)15(13)19/h3-4,11-12H,5-10H2,1-2H3,(H,21,23). The molecule has 0 aromatic heterocycles. The van der Waals surface area contributed by atoms with Crippen LogP contribution in [0.1, 0.15) is 30.6 Å². The van der Waals surface area contributed by atoms with Crippen molar-refractivity contribution < 1.29 is 22.7 Å². The zero-order valence-corrected chi connectivity index (χ0v) is 13.9. The van der Waals surface area contributed by atoms with Crippen LogP contribution in [0.5, 0.6) is 0 Å². The van der Waals surface area contributed by atoms with Gasteiger partial charge in [0, 0.05) is 25.7 Å². The summed E-state index contributed by atoms with van der Waals surface area (Å²) in [6.07, 6.45) is 0.862. The smallest absolute Gasteiger partial charge is 0.254 e. The van der Waals surface area contributed by atoms with Crippen LogP contribution >= 0.6 is 0 Å². The summed E-state index contributed by atoms with van der Waals surface area (Å²) in [5.41, 5.74) is -0.487. The van der Waals surface area contributed by atoms with Crippen molar-refractivity contribution in [1.82, 2.24) is 10.2 Å². The Morgan fingerprint density at radius 2 is 1.88 bits per heavy atom. The van der Waals surface area contributed by atoms with E-state index in [1.54, 1.807) is 0 Å². The first kappa shape index (κ1) is 18.7. The Hall–Kier alpha value is -1.60. The van der Waals surface area contributed by atoms with Crippen LogP contribution in [0.2, 0.25) is 0 Å². The first-order valence-corrected chi connectivity index (χ1v) is 8.13. The third-order valence-electron chi connectivity index (χ3n) is 4.08. The lowest BCUT2D eigenvalue weighted by atomic mass is 10.0. The van der Waals surface area contributed by atoms with Gasteiger partial charge in [0.15, 0.2) is 17.5 Å². The molecule has 0 spiro atoms. The van der Waals surface area contributed by atoms with E-state index >= 15 is 0 Å². The monoisotopic (exact) mass is 344 g/mol. The van der Waals surface area contributed by atoms with E-state index in [1.165, 1.54) is 0 Å². The molecular formula is C17H23F3N2O2. The number of carbonyl (C=O) groups is 1. The van der Waals surface area contributed by atoms with Gasteiger partial charge in [-0.1, -0.05) is 13.8 Å². The molecular weight excluding hydrogens is 321 g/mol. The topological polar surface area (TPSA) is 41.6 Å². The Morgan fingerprint density at radius 3 is 2.50 bits per heavy atom. The molecule has 1 heterocycles. The highest BCUT2D eigenvalue weighted by atomic mass is 19.2. The maximum Gasteiger partial charge on any atom is 0.254 e. The predicted molar refractivity (Wildman–Crippen MR) is 84.3 cm³/mol. The molecule has 24 heavy (non-hydrogen) atoms. The lowest BCUT2D eigenvalue weighted by Gasteiger charge is -2.35. The summed E-state index contributed by atoms with van der Waals surface area (Å²) in [7, 11) is 0. The van der Waals surface area contributed by atoms with Crippen molar-refractivity contribution >= 4 is 5.91 Å². The van der Waals surface area contributed by atoms with Crippen LogP contribution in [0.25, 0.3) is 0 Å². The number of nitrogens with zero attached hydrogens (tertiary/aromatic N) is 1. The Labute approximate surface area is 140 Å². The van der Waals surface area contributed by atoms with Gasteiger partial charge in [0.1, 0.15) is 0 Å². The molecule has 1 aliphatic heterocycles. The molecule has 0 aliphatic carbocycles. The Morgan fingerprint density at radius 1 is 1.21 bits per heavy atom. The Bertz CT molecular complexity index is 575. The molecule has 0 bridgehead atoms. The van der Waals surface area contributed by atoms with Gasteiger partial charge in [-0.25, -0.2) is 13.2 Å². The molecule has 1 N–H and O–H groups in total. The van der Waals surface area contributed by atoms with Crippen molar-refractivity contribution in [2.45, 2.75) is 26.3 Å². The molecule has 1 fully saturated rings. The summed E-state index contributed by atoms with van der Waals surface area (Å²) >= 11 is 0. The highest BCUT2D eigenvalue weighted by Gasteiger charge is 2.24. The number of ether oxygens (including phenoxy) is 1. The fraction of sp³-hybridized carbons (Fsp3) is 0.588. The van der Waals surface area contributed by atoms with Gasteiger partial charge in [0.05, 0.1) is 18.8 Å². The fourth-order valence-electron chi connectivity index (χ4n) is 2.86. The SMILES string of the molecule is CC(C)CC(CNC(=O)c1ccc(F)c(F)c1F)N1CCOCC1. The second kappa shape index (κ2) is 8.48. The second-order valence-electron chi connectivity index (χ2n) is 6.36. The van der Waals surface area contributed by atoms with Crippen molar-refractivity contribution in [1.29, 1.82) is 0 Å². The molecule has 7 heteroatoms. The van der Waals surface area contributed by atoms with Gasteiger partial charge < -0.3 is 10.1 Å². The van der Waals surface area contributed by atoms with E-state index in [0.29, 0.717) is 25.7 Å². The average Bonchev–Trinajstić information content (AvgIpc) is 2.57. The van der Waals surface area contributed by atoms with E-state index < -0.39 is 28.9 Å². The zero-order valence-electron chi connectivity index (χ0n) is 13.9. The first-order chi connectivity index (χ1) is 11.4. The number of hydrogen-bond donors (Lipinski definition) is 1. The van der Waals surface area contributed by atoms with E-state index in [1.807, 2.05) is 0 Å². The minimum atomic E-state index is -1.63. The number of halogens is 3. The summed E-state index contributed by atoms with van der Waals surface area (Å²) in [5, 5.41) is 2.64. The molecule has 1 aliphatic rings. The molecule has 1 saturated heterocycles. The van der Waals surface area contributed by atoms with Crippen molar-refractivity contribution in [3.8, 4) is 0 Å². The quantitative estimate of drug-likeness (QED) is 0.807. The van der Waals surface area contributed by atoms with E-state index in [9.17, 15) is 18.0 Å². The summed E-state index contributed by atoms with van der Waals surface area (Å²) < 4.78 is 45.3. The molecule has 1 aromatic carbocycles. The van der Waals surface area contributed by atoms with Crippen LogP contribution in [0, 0.1) is 23.4 Å². The van der Waals surface area contributed by atoms with Crippen LogP contribution in [0.3, 0.4) is 0 Å². The first-order valence-electron chi connectivity index (χ1n) is 8.13. The van der Waals surface area contributed by atoms with Gasteiger partial charge in [0.25, 0.3) is 5.91 Å². The number of rotatable bonds is 6. The molecule has 4 nitrogen and oxygen atoms in total. The Kier molecular flexibility index (Phi) is 6.62. The second-order valence-corrected chi connectivity index (χ2v) is 6.36. The maximum absolute atomic E-state index is 13.7. The van der Waals surface area contributed by atoms with Crippen molar-refractivity contribution in [2.75, 3.05) is 32.8 Å². The van der Waals surface area contributed by atoms with Crippen LogP contribution in [-0.2, 0) is 4.74 Å². The van der Waals surface area contributed by atoms with Crippen molar-refractivity contribution in [3.05, 3.63) is 35.1 Å². The third kappa shape index (κ3) is 4.70. The van der Waals surface area contributed by atoms with E-state index in [0.717, 1.165) is 31.6 Å². The fourth-order valence-corrected chi connectivity index (χ4v) is 2.86. The molecule has 1 amide bonds. The number of carbonyl (C=O) groups excluding carboxylic acids is 1. The molecule has 1 aromatic rings. The van der Waals surface area contributed by atoms with Crippen molar-refractivity contribution in [3.63, 3.8) is 0 Å². The van der Waals surface area contributed by atoms with Gasteiger partial charge >= 0.3 is 0 Å².